The molecule has 0 atom stereocenters. The van der Waals surface area contributed by atoms with Crippen molar-refractivity contribution in [3.63, 3.8) is 0 Å². The van der Waals surface area contributed by atoms with Crippen molar-refractivity contribution >= 4 is 46.1 Å². The first-order chi connectivity index (χ1) is 14.5. The summed E-state index contributed by atoms with van der Waals surface area (Å²) in [7, 11) is 0. The summed E-state index contributed by atoms with van der Waals surface area (Å²) in [5.74, 6) is 1.88. The van der Waals surface area contributed by atoms with Gasteiger partial charge in [0.05, 0.1) is 22.8 Å². The molecule has 1 amide bonds. The lowest BCUT2D eigenvalue weighted by Crippen LogP contribution is -2.15. The van der Waals surface area contributed by atoms with Gasteiger partial charge < -0.3 is 14.5 Å². The van der Waals surface area contributed by atoms with Gasteiger partial charge in [-0.1, -0.05) is 35.3 Å². The van der Waals surface area contributed by atoms with E-state index in [4.69, 9.17) is 32.4 Å². The lowest BCUT2D eigenvalue weighted by Gasteiger charge is -2.12. The molecule has 30 heavy (non-hydrogen) atoms. The molecular formula is C21H15Cl2N3O3S. The van der Waals surface area contributed by atoms with Crippen molar-refractivity contribution in [3.05, 3.63) is 75.5 Å². The van der Waals surface area contributed by atoms with Gasteiger partial charge in [-0.3, -0.25) is 4.79 Å². The fraction of sp³-hybridized carbons (Fsp3) is 0.0952. The number of hydrogen-bond donors (Lipinski definition) is 1. The van der Waals surface area contributed by atoms with Gasteiger partial charge in [-0.25, -0.2) is 9.97 Å². The molecule has 0 unspecified atom stereocenters. The molecule has 0 aliphatic heterocycles. The third kappa shape index (κ3) is 4.81. The van der Waals surface area contributed by atoms with E-state index in [1.165, 1.54) is 23.6 Å². The van der Waals surface area contributed by atoms with E-state index in [-0.39, 0.29) is 23.2 Å². The monoisotopic (exact) mass is 459 g/mol. The van der Waals surface area contributed by atoms with Crippen LogP contribution < -0.4 is 10.1 Å². The summed E-state index contributed by atoms with van der Waals surface area (Å²) in [6, 6.07) is 12.3. The number of nitrogens with zero attached hydrogens (tertiary/aromatic N) is 2. The van der Waals surface area contributed by atoms with Crippen LogP contribution in [-0.4, -0.2) is 15.9 Å². The minimum atomic E-state index is -0.228. The molecule has 0 aliphatic carbocycles. The van der Waals surface area contributed by atoms with Crippen LogP contribution in [0.5, 0.6) is 11.6 Å². The van der Waals surface area contributed by atoms with E-state index >= 15 is 0 Å². The zero-order valence-electron chi connectivity index (χ0n) is 15.7. The number of pyridine rings is 1. The van der Waals surface area contributed by atoms with E-state index in [1.54, 1.807) is 24.3 Å². The first kappa shape index (κ1) is 20.4. The number of amides is 1. The zero-order valence-corrected chi connectivity index (χ0v) is 18.0. The third-order valence-electron chi connectivity index (χ3n) is 3.99. The second-order valence-electron chi connectivity index (χ2n) is 6.32. The van der Waals surface area contributed by atoms with E-state index < -0.39 is 0 Å². The molecule has 9 heteroatoms. The molecule has 4 rings (SSSR count). The summed E-state index contributed by atoms with van der Waals surface area (Å²) in [4.78, 5) is 21.1. The van der Waals surface area contributed by atoms with Crippen molar-refractivity contribution < 1.29 is 13.9 Å². The second kappa shape index (κ2) is 8.87. The Balaban J connectivity index is 1.45. The Hall–Kier alpha value is -2.87. The number of rotatable bonds is 6. The van der Waals surface area contributed by atoms with Gasteiger partial charge in [0.25, 0.3) is 0 Å². The molecule has 3 heterocycles. The Morgan fingerprint density at radius 2 is 2.07 bits per heavy atom. The number of halogens is 2. The maximum atomic E-state index is 12.6. The molecule has 0 bridgehead atoms. The lowest BCUT2D eigenvalue weighted by atomic mass is 10.2. The number of carbonyl (C=O) groups excluding carboxylic acids is 1. The molecular weight excluding hydrogens is 445 g/mol. The van der Waals surface area contributed by atoms with Gasteiger partial charge in [-0.2, -0.15) is 0 Å². The maximum Gasteiger partial charge on any atom is 0.238 e. The fourth-order valence-electron chi connectivity index (χ4n) is 2.65. The molecule has 3 aromatic heterocycles. The number of ether oxygens (including phenoxy) is 1. The van der Waals surface area contributed by atoms with Gasteiger partial charge in [-0.05, 0) is 37.3 Å². The number of carbonyl (C=O) groups is 1. The van der Waals surface area contributed by atoms with Crippen LogP contribution in [0.4, 0.5) is 5.69 Å². The van der Waals surface area contributed by atoms with Crippen LogP contribution in [0, 0.1) is 6.92 Å². The quantitative estimate of drug-likeness (QED) is 0.361. The van der Waals surface area contributed by atoms with Gasteiger partial charge in [-0.15, -0.1) is 11.3 Å². The molecule has 4 aromatic rings. The predicted octanol–water partition coefficient (Wildman–Crippen LogP) is 6.39. The highest BCUT2D eigenvalue weighted by molar-refractivity contribution is 7.13. The molecule has 1 aromatic carbocycles. The Kier molecular flexibility index (Phi) is 6.03. The first-order valence-electron chi connectivity index (χ1n) is 8.87. The summed E-state index contributed by atoms with van der Waals surface area (Å²) in [5.41, 5.74) is 1.15. The van der Waals surface area contributed by atoms with Crippen molar-refractivity contribution in [3.8, 4) is 22.4 Å². The van der Waals surface area contributed by atoms with Crippen molar-refractivity contribution in [1.82, 2.24) is 9.97 Å². The Morgan fingerprint density at radius 1 is 1.23 bits per heavy atom. The van der Waals surface area contributed by atoms with Crippen LogP contribution in [0.15, 0.2) is 58.5 Å². The number of nitrogens with one attached hydrogen (secondary N) is 1. The van der Waals surface area contributed by atoms with E-state index in [0.29, 0.717) is 27.9 Å². The Bertz CT molecular complexity index is 1210. The van der Waals surface area contributed by atoms with Crippen molar-refractivity contribution in [1.29, 1.82) is 0 Å². The van der Waals surface area contributed by atoms with Crippen molar-refractivity contribution in [2.24, 2.45) is 0 Å². The largest absolute Gasteiger partial charge is 0.459 e. The van der Waals surface area contributed by atoms with Crippen LogP contribution in [0.3, 0.4) is 0 Å². The van der Waals surface area contributed by atoms with Crippen LogP contribution >= 0.6 is 34.5 Å². The molecule has 0 fully saturated rings. The molecule has 0 saturated carbocycles. The van der Waals surface area contributed by atoms with E-state index in [9.17, 15) is 4.79 Å². The van der Waals surface area contributed by atoms with Gasteiger partial charge >= 0.3 is 0 Å². The molecule has 152 valence electrons. The van der Waals surface area contributed by atoms with Gasteiger partial charge in [0, 0.05) is 11.6 Å². The molecule has 0 spiro atoms. The minimum Gasteiger partial charge on any atom is -0.459 e. The van der Waals surface area contributed by atoms with Crippen molar-refractivity contribution in [2.75, 3.05) is 5.32 Å². The summed E-state index contributed by atoms with van der Waals surface area (Å²) in [5, 5.41) is 6.09. The number of para-hydroxylation sites is 2. The first-order valence-corrected chi connectivity index (χ1v) is 10.5. The predicted molar refractivity (Wildman–Crippen MR) is 118 cm³/mol. The number of aromatic nitrogens is 2. The van der Waals surface area contributed by atoms with Crippen LogP contribution in [0.2, 0.25) is 10.0 Å². The molecule has 0 saturated heterocycles. The number of benzene rings is 1. The summed E-state index contributed by atoms with van der Waals surface area (Å²) >= 11 is 13.4. The number of thiazole rings is 1. The number of aryl methyl sites for hydroxylation is 1. The van der Waals surface area contributed by atoms with Gasteiger partial charge in [0.1, 0.15) is 10.8 Å². The minimum absolute atomic E-state index is 0.116. The Morgan fingerprint density at radius 3 is 2.83 bits per heavy atom. The van der Waals surface area contributed by atoms with E-state index in [2.05, 4.69) is 15.3 Å². The number of hydrogen-bond acceptors (Lipinski definition) is 6. The molecule has 0 aliphatic rings. The van der Waals surface area contributed by atoms with Crippen LogP contribution in [0.25, 0.3) is 10.8 Å². The smallest absolute Gasteiger partial charge is 0.238 e. The Labute approximate surface area is 186 Å². The third-order valence-corrected chi connectivity index (χ3v) is 5.37. The lowest BCUT2D eigenvalue weighted by molar-refractivity contribution is -0.115. The average molecular weight is 460 g/mol. The molecule has 0 radical (unpaired) electrons. The summed E-state index contributed by atoms with van der Waals surface area (Å²) in [6.45, 7) is 1.87. The number of anilines is 1. The van der Waals surface area contributed by atoms with Crippen LogP contribution in [-0.2, 0) is 11.2 Å². The standard InChI is InChI=1S/C21H15Cl2N3O3S/c1-12-6-7-18(28-12)21-25-14(11-30-21)9-19(27)26-16-4-2-3-5-17(16)29-20-15(23)8-13(22)10-24-20/h2-8,10-11H,9H2,1H3,(H,26,27). The fourth-order valence-corrected chi connectivity index (χ4v) is 3.85. The van der Waals surface area contributed by atoms with E-state index in [0.717, 1.165) is 10.8 Å². The summed E-state index contributed by atoms with van der Waals surface area (Å²) in [6.07, 6.45) is 1.55. The molecule has 1 N–H and O–H groups in total. The zero-order chi connectivity index (χ0) is 21.1. The normalized spacial score (nSPS) is 10.8. The SMILES string of the molecule is Cc1ccc(-c2nc(CC(=O)Nc3ccccc3Oc3ncc(Cl)cc3Cl)cs2)o1. The summed E-state index contributed by atoms with van der Waals surface area (Å²) < 4.78 is 11.3. The maximum absolute atomic E-state index is 12.6. The van der Waals surface area contributed by atoms with Crippen molar-refractivity contribution in [2.45, 2.75) is 13.3 Å². The number of furan rings is 1. The van der Waals surface area contributed by atoms with Gasteiger partial charge in [0.15, 0.2) is 16.5 Å². The topological polar surface area (TPSA) is 77.2 Å². The highest BCUT2D eigenvalue weighted by atomic mass is 35.5. The van der Waals surface area contributed by atoms with Crippen LogP contribution in [0.1, 0.15) is 11.5 Å². The highest BCUT2D eigenvalue weighted by Gasteiger charge is 2.14. The second-order valence-corrected chi connectivity index (χ2v) is 8.02. The highest BCUT2D eigenvalue weighted by Crippen LogP contribution is 2.33. The average Bonchev–Trinajstić information content (AvgIpc) is 3.34. The van der Waals surface area contributed by atoms with Gasteiger partial charge in [0.2, 0.25) is 11.8 Å². The van der Waals surface area contributed by atoms with E-state index in [1.807, 2.05) is 24.4 Å². The molecule has 6 nitrogen and oxygen atoms in total.